The van der Waals surface area contributed by atoms with Crippen LogP contribution < -0.4 is 10.6 Å². The Bertz CT molecular complexity index is 536. The number of nitrogens with one attached hydrogen (secondary N) is 2. The van der Waals surface area contributed by atoms with E-state index in [0.29, 0.717) is 10.7 Å². The Morgan fingerprint density at radius 3 is 2.45 bits per heavy atom. The van der Waals surface area contributed by atoms with Gasteiger partial charge in [0.05, 0.1) is 11.5 Å². The van der Waals surface area contributed by atoms with Gasteiger partial charge in [0.2, 0.25) is 5.91 Å². The third kappa shape index (κ3) is 6.82. The van der Waals surface area contributed by atoms with E-state index < -0.39 is 12.1 Å². The van der Waals surface area contributed by atoms with Crippen molar-refractivity contribution in [2.75, 3.05) is 23.9 Å². The molecule has 0 radical (unpaired) electrons. The highest BCUT2D eigenvalue weighted by atomic mass is 35.5. The molecule has 0 bridgehead atoms. The van der Waals surface area contributed by atoms with Crippen molar-refractivity contribution in [2.24, 2.45) is 0 Å². The molecule has 0 aliphatic heterocycles. The molecule has 120 valence electrons. The van der Waals surface area contributed by atoms with E-state index in [-0.39, 0.29) is 23.3 Å². The molecule has 1 aromatic carbocycles. The number of likely N-dealkylation sites (N-methyl/N-ethyl adjacent to an activating group) is 1. The standard InChI is InChI=1S/C14H17ClN2O4S/c1-9(14(20)16-2)21-13(19)8-22-7-12(18)17-11-5-3-10(15)4-6-11/h3-6,9H,7-8H2,1-2H3,(H,16,20)(H,17,18)/t9-/m1/s1. The lowest BCUT2D eigenvalue weighted by molar-refractivity contribution is -0.152. The summed E-state index contributed by atoms with van der Waals surface area (Å²) in [7, 11) is 1.46. The molecule has 0 unspecified atom stereocenters. The number of hydrogen-bond acceptors (Lipinski definition) is 5. The summed E-state index contributed by atoms with van der Waals surface area (Å²) in [5.74, 6) is -1.06. The van der Waals surface area contributed by atoms with E-state index in [4.69, 9.17) is 16.3 Å². The summed E-state index contributed by atoms with van der Waals surface area (Å²) >= 11 is 6.85. The molecule has 0 aliphatic carbocycles. The van der Waals surface area contributed by atoms with Gasteiger partial charge in [-0.2, -0.15) is 0 Å². The minimum absolute atomic E-state index is 0.00459. The van der Waals surface area contributed by atoms with E-state index >= 15 is 0 Å². The maximum Gasteiger partial charge on any atom is 0.316 e. The van der Waals surface area contributed by atoms with E-state index in [1.165, 1.54) is 14.0 Å². The summed E-state index contributed by atoms with van der Waals surface area (Å²) in [4.78, 5) is 34.3. The average Bonchev–Trinajstić information content (AvgIpc) is 2.48. The Morgan fingerprint density at radius 1 is 1.23 bits per heavy atom. The molecule has 0 heterocycles. The van der Waals surface area contributed by atoms with Crippen LogP contribution in [-0.4, -0.2) is 42.4 Å². The van der Waals surface area contributed by atoms with Crippen molar-refractivity contribution in [1.82, 2.24) is 5.32 Å². The molecule has 22 heavy (non-hydrogen) atoms. The first-order chi connectivity index (χ1) is 10.4. The van der Waals surface area contributed by atoms with Gasteiger partial charge in [-0.1, -0.05) is 11.6 Å². The molecule has 1 aromatic rings. The number of hydrogen-bond donors (Lipinski definition) is 2. The summed E-state index contributed by atoms with van der Waals surface area (Å²) in [5, 5.41) is 5.64. The molecule has 1 atom stereocenters. The van der Waals surface area contributed by atoms with Gasteiger partial charge in [-0.25, -0.2) is 0 Å². The molecule has 6 nitrogen and oxygen atoms in total. The monoisotopic (exact) mass is 344 g/mol. The van der Waals surface area contributed by atoms with Crippen molar-refractivity contribution in [3.8, 4) is 0 Å². The first kappa shape index (κ1) is 18.3. The number of benzene rings is 1. The first-order valence-electron chi connectivity index (χ1n) is 6.46. The van der Waals surface area contributed by atoms with E-state index in [1.54, 1.807) is 24.3 Å². The predicted octanol–water partition coefficient (Wildman–Crippen LogP) is 1.69. The van der Waals surface area contributed by atoms with E-state index in [1.807, 2.05) is 0 Å². The molecule has 0 fully saturated rings. The Balaban J connectivity index is 2.25. The zero-order valence-corrected chi connectivity index (χ0v) is 13.8. The van der Waals surface area contributed by atoms with Gasteiger partial charge in [-0.3, -0.25) is 14.4 Å². The molecule has 1 rings (SSSR count). The Hall–Kier alpha value is -1.73. The largest absolute Gasteiger partial charge is 0.452 e. The normalized spacial score (nSPS) is 11.4. The molecule has 0 saturated carbocycles. The molecule has 2 N–H and O–H groups in total. The van der Waals surface area contributed by atoms with Crippen LogP contribution in [0.2, 0.25) is 5.02 Å². The number of esters is 1. The van der Waals surface area contributed by atoms with Crippen molar-refractivity contribution >= 4 is 46.8 Å². The Morgan fingerprint density at radius 2 is 1.86 bits per heavy atom. The van der Waals surface area contributed by atoms with Gasteiger partial charge in [0.1, 0.15) is 0 Å². The van der Waals surface area contributed by atoms with Crippen LogP contribution in [-0.2, 0) is 19.1 Å². The minimum Gasteiger partial charge on any atom is -0.452 e. The Labute approximate surface area is 137 Å². The quantitative estimate of drug-likeness (QED) is 0.735. The van der Waals surface area contributed by atoms with Crippen LogP contribution in [0.5, 0.6) is 0 Å². The SMILES string of the molecule is CNC(=O)[C@@H](C)OC(=O)CSCC(=O)Nc1ccc(Cl)cc1. The zero-order chi connectivity index (χ0) is 16.5. The number of amides is 2. The number of carbonyl (C=O) groups is 3. The summed E-state index contributed by atoms with van der Waals surface area (Å²) in [6.07, 6.45) is -0.846. The zero-order valence-electron chi connectivity index (χ0n) is 12.2. The van der Waals surface area contributed by atoms with Gasteiger partial charge in [-0.15, -0.1) is 11.8 Å². The van der Waals surface area contributed by atoms with Gasteiger partial charge < -0.3 is 15.4 Å². The fourth-order valence-electron chi connectivity index (χ4n) is 1.45. The van der Waals surface area contributed by atoms with Gasteiger partial charge in [0, 0.05) is 17.8 Å². The van der Waals surface area contributed by atoms with Crippen molar-refractivity contribution in [3.63, 3.8) is 0 Å². The van der Waals surface area contributed by atoms with E-state index in [2.05, 4.69) is 10.6 Å². The van der Waals surface area contributed by atoms with Gasteiger partial charge in [0.15, 0.2) is 6.10 Å². The molecule has 0 saturated heterocycles. The van der Waals surface area contributed by atoms with Crippen LogP contribution in [0.3, 0.4) is 0 Å². The van der Waals surface area contributed by atoms with Crippen molar-refractivity contribution in [2.45, 2.75) is 13.0 Å². The number of rotatable bonds is 7. The maximum atomic E-state index is 11.7. The van der Waals surface area contributed by atoms with Gasteiger partial charge in [0.25, 0.3) is 5.91 Å². The topological polar surface area (TPSA) is 84.5 Å². The predicted molar refractivity (Wildman–Crippen MR) is 87.0 cm³/mol. The number of ether oxygens (including phenoxy) is 1. The smallest absolute Gasteiger partial charge is 0.316 e. The first-order valence-corrected chi connectivity index (χ1v) is 8.00. The molecule has 2 amide bonds. The third-order valence-corrected chi connectivity index (χ3v) is 3.66. The lowest BCUT2D eigenvalue weighted by Crippen LogP contribution is -2.33. The second-order valence-corrected chi connectivity index (χ2v) is 5.72. The second kappa shape index (κ2) is 9.32. The van der Waals surface area contributed by atoms with Gasteiger partial charge in [-0.05, 0) is 31.2 Å². The highest BCUT2D eigenvalue weighted by Crippen LogP contribution is 2.13. The molecule has 0 spiro atoms. The Kier molecular flexibility index (Phi) is 7.76. The fraction of sp³-hybridized carbons (Fsp3) is 0.357. The lowest BCUT2D eigenvalue weighted by atomic mass is 10.3. The van der Waals surface area contributed by atoms with Gasteiger partial charge >= 0.3 is 5.97 Å². The second-order valence-electron chi connectivity index (χ2n) is 4.29. The van der Waals surface area contributed by atoms with Crippen molar-refractivity contribution < 1.29 is 19.1 Å². The van der Waals surface area contributed by atoms with Crippen LogP contribution in [0.25, 0.3) is 0 Å². The summed E-state index contributed by atoms with van der Waals surface area (Å²) in [6, 6.07) is 6.71. The molecule has 0 aromatic heterocycles. The van der Waals surface area contributed by atoms with Crippen LogP contribution in [0.15, 0.2) is 24.3 Å². The molecular weight excluding hydrogens is 328 g/mol. The minimum atomic E-state index is -0.846. The van der Waals surface area contributed by atoms with Crippen LogP contribution in [0.1, 0.15) is 6.92 Å². The highest BCUT2D eigenvalue weighted by Gasteiger charge is 2.16. The van der Waals surface area contributed by atoms with Crippen molar-refractivity contribution in [1.29, 1.82) is 0 Å². The van der Waals surface area contributed by atoms with E-state index in [0.717, 1.165) is 11.8 Å². The number of thioether (sulfide) groups is 1. The number of carbonyl (C=O) groups excluding carboxylic acids is 3. The summed E-state index contributed by atoms with van der Waals surface area (Å²) < 4.78 is 4.90. The fourth-order valence-corrected chi connectivity index (χ4v) is 2.17. The molecular formula is C14H17ClN2O4S. The lowest BCUT2D eigenvalue weighted by Gasteiger charge is -2.11. The van der Waals surface area contributed by atoms with Crippen molar-refractivity contribution in [3.05, 3.63) is 29.3 Å². The molecule has 0 aliphatic rings. The summed E-state index contributed by atoms with van der Waals surface area (Å²) in [6.45, 7) is 1.48. The molecule has 8 heteroatoms. The van der Waals surface area contributed by atoms with Crippen LogP contribution >= 0.6 is 23.4 Å². The third-order valence-electron chi connectivity index (χ3n) is 2.50. The number of anilines is 1. The highest BCUT2D eigenvalue weighted by molar-refractivity contribution is 8.00. The maximum absolute atomic E-state index is 11.7. The summed E-state index contributed by atoms with van der Waals surface area (Å²) in [5.41, 5.74) is 0.630. The average molecular weight is 345 g/mol. The number of halogens is 1. The van der Waals surface area contributed by atoms with E-state index in [9.17, 15) is 14.4 Å². The van der Waals surface area contributed by atoms with Crippen LogP contribution in [0.4, 0.5) is 5.69 Å². The van der Waals surface area contributed by atoms with Crippen LogP contribution in [0, 0.1) is 0 Å².